The van der Waals surface area contributed by atoms with E-state index in [9.17, 15) is 0 Å². The van der Waals surface area contributed by atoms with Gasteiger partial charge in [-0.3, -0.25) is 0 Å². The van der Waals surface area contributed by atoms with Crippen LogP contribution in [0.2, 0.25) is 10.0 Å². The van der Waals surface area contributed by atoms with E-state index in [-0.39, 0.29) is 0 Å². The van der Waals surface area contributed by atoms with E-state index in [0.717, 1.165) is 31.3 Å². The fourth-order valence-corrected chi connectivity index (χ4v) is 2.74. The standard InChI is InChI=1S/C14H12BrCl2N/c1-9-2-5-14(13(17)6-9)18-8-10-3-4-11(16)7-12(10)15/h2-7,18H,8H2,1H3. The van der Waals surface area contributed by atoms with Gasteiger partial charge in [-0.1, -0.05) is 51.3 Å². The SMILES string of the molecule is Cc1ccc(NCc2ccc(Cl)cc2Br)c(Cl)c1. The summed E-state index contributed by atoms with van der Waals surface area (Å²) in [6.45, 7) is 2.71. The summed E-state index contributed by atoms with van der Waals surface area (Å²) in [4.78, 5) is 0. The fraction of sp³-hybridized carbons (Fsp3) is 0.143. The Morgan fingerprint density at radius 1 is 1.11 bits per heavy atom. The van der Waals surface area contributed by atoms with Gasteiger partial charge in [0.2, 0.25) is 0 Å². The van der Waals surface area contributed by atoms with Crippen molar-refractivity contribution in [2.45, 2.75) is 13.5 Å². The molecule has 0 saturated carbocycles. The average molecular weight is 345 g/mol. The van der Waals surface area contributed by atoms with Crippen LogP contribution in [0.15, 0.2) is 40.9 Å². The zero-order chi connectivity index (χ0) is 13.1. The number of halogens is 3. The van der Waals surface area contributed by atoms with Crippen LogP contribution >= 0.6 is 39.1 Å². The fourth-order valence-electron chi connectivity index (χ4n) is 1.62. The van der Waals surface area contributed by atoms with Crippen LogP contribution in [-0.4, -0.2) is 0 Å². The smallest absolute Gasteiger partial charge is 0.0640 e. The van der Waals surface area contributed by atoms with Gasteiger partial charge in [-0.15, -0.1) is 0 Å². The molecule has 0 aliphatic rings. The lowest BCUT2D eigenvalue weighted by Crippen LogP contribution is -2.00. The summed E-state index contributed by atoms with van der Waals surface area (Å²) in [6.07, 6.45) is 0. The molecule has 0 saturated heterocycles. The van der Waals surface area contributed by atoms with E-state index in [2.05, 4.69) is 21.2 Å². The van der Waals surface area contributed by atoms with E-state index < -0.39 is 0 Å². The third-order valence-corrected chi connectivity index (χ3v) is 3.90. The summed E-state index contributed by atoms with van der Waals surface area (Å²) in [5.41, 5.74) is 3.22. The van der Waals surface area contributed by atoms with E-state index >= 15 is 0 Å². The van der Waals surface area contributed by atoms with Gasteiger partial charge < -0.3 is 5.32 Å². The molecule has 1 N–H and O–H groups in total. The van der Waals surface area contributed by atoms with Crippen molar-refractivity contribution in [3.05, 3.63) is 62.0 Å². The summed E-state index contributed by atoms with van der Waals surface area (Å²) in [7, 11) is 0. The molecule has 0 spiro atoms. The molecule has 0 aliphatic carbocycles. The third-order valence-electron chi connectivity index (χ3n) is 2.61. The molecule has 0 aliphatic heterocycles. The molecule has 94 valence electrons. The number of anilines is 1. The van der Waals surface area contributed by atoms with E-state index in [1.807, 2.05) is 43.3 Å². The van der Waals surface area contributed by atoms with Gasteiger partial charge in [0.15, 0.2) is 0 Å². The second-order valence-electron chi connectivity index (χ2n) is 4.07. The molecule has 0 amide bonds. The van der Waals surface area contributed by atoms with E-state index in [0.29, 0.717) is 6.54 Å². The first kappa shape index (κ1) is 13.7. The zero-order valence-corrected chi connectivity index (χ0v) is 12.9. The van der Waals surface area contributed by atoms with Crippen molar-refractivity contribution in [3.8, 4) is 0 Å². The number of benzene rings is 2. The highest BCUT2D eigenvalue weighted by atomic mass is 79.9. The Morgan fingerprint density at radius 3 is 2.56 bits per heavy atom. The highest BCUT2D eigenvalue weighted by Gasteiger charge is 2.03. The average Bonchev–Trinajstić information content (AvgIpc) is 2.30. The topological polar surface area (TPSA) is 12.0 Å². The first-order valence-corrected chi connectivity index (χ1v) is 7.05. The van der Waals surface area contributed by atoms with Crippen molar-refractivity contribution in [2.24, 2.45) is 0 Å². The molecule has 0 unspecified atom stereocenters. The second-order valence-corrected chi connectivity index (χ2v) is 5.77. The lowest BCUT2D eigenvalue weighted by Gasteiger charge is -2.10. The van der Waals surface area contributed by atoms with Crippen LogP contribution in [0, 0.1) is 6.92 Å². The molecule has 0 radical (unpaired) electrons. The molecule has 2 rings (SSSR count). The largest absolute Gasteiger partial charge is 0.380 e. The Hall–Kier alpha value is -0.700. The van der Waals surface area contributed by atoms with E-state index in [1.165, 1.54) is 0 Å². The van der Waals surface area contributed by atoms with Crippen LogP contribution < -0.4 is 5.32 Å². The Bertz CT molecular complexity index is 518. The van der Waals surface area contributed by atoms with Gasteiger partial charge in [0.1, 0.15) is 0 Å². The summed E-state index contributed by atoms with van der Waals surface area (Å²) in [5.74, 6) is 0. The lowest BCUT2D eigenvalue weighted by atomic mass is 10.2. The monoisotopic (exact) mass is 343 g/mol. The molecule has 0 bridgehead atoms. The van der Waals surface area contributed by atoms with Gasteiger partial charge in [0.25, 0.3) is 0 Å². The van der Waals surface area contributed by atoms with E-state index in [4.69, 9.17) is 23.2 Å². The lowest BCUT2D eigenvalue weighted by molar-refractivity contribution is 1.14. The minimum absolute atomic E-state index is 0.695. The highest BCUT2D eigenvalue weighted by molar-refractivity contribution is 9.10. The maximum atomic E-state index is 6.17. The van der Waals surface area contributed by atoms with Crippen molar-refractivity contribution in [3.63, 3.8) is 0 Å². The van der Waals surface area contributed by atoms with Crippen molar-refractivity contribution in [1.82, 2.24) is 0 Å². The van der Waals surface area contributed by atoms with Gasteiger partial charge in [0, 0.05) is 16.0 Å². The normalized spacial score (nSPS) is 10.4. The minimum atomic E-state index is 0.695. The van der Waals surface area contributed by atoms with Crippen LogP contribution in [0.4, 0.5) is 5.69 Å². The molecule has 0 heterocycles. The first-order chi connectivity index (χ1) is 8.56. The Morgan fingerprint density at radius 2 is 1.89 bits per heavy atom. The quantitative estimate of drug-likeness (QED) is 0.755. The summed E-state index contributed by atoms with van der Waals surface area (Å²) in [5, 5.41) is 4.77. The highest BCUT2D eigenvalue weighted by Crippen LogP contribution is 2.26. The molecule has 0 aromatic heterocycles. The van der Waals surface area contributed by atoms with Crippen molar-refractivity contribution in [2.75, 3.05) is 5.32 Å². The van der Waals surface area contributed by atoms with Gasteiger partial charge >= 0.3 is 0 Å². The maximum absolute atomic E-state index is 6.17. The van der Waals surface area contributed by atoms with Crippen LogP contribution in [0.5, 0.6) is 0 Å². The predicted molar refractivity (Wildman–Crippen MR) is 82.7 cm³/mol. The van der Waals surface area contributed by atoms with Gasteiger partial charge in [-0.05, 0) is 42.3 Å². The number of hydrogen-bond donors (Lipinski definition) is 1. The number of hydrogen-bond acceptors (Lipinski definition) is 1. The van der Waals surface area contributed by atoms with Gasteiger partial charge in [-0.2, -0.15) is 0 Å². The van der Waals surface area contributed by atoms with Gasteiger partial charge in [-0.25, -0.2) is 0 Å². The molecule has 18 heavy (non-hydrogen) atoms. The number of aryl methyl sites for hydroxylation is 1. The molecule has 1 nitrogen and oxygen atoms in total. The van der Waals surface area contributed by atoms with Crippen LogP contribution in [-0.2, 0) is 6.54 Å². The Labute approximate surface area is 125 Å². The molecule has 4 heteroatoms. The molecule has 0 atom stereocenters. The predicted octanol–water partition coefficient (Wildman–Crippen LogP) is 5.68. The molecule has 2 aromatic rings. The summed E-state index contributed by atoms with van der Waals surface area (Å²) in [6, 6.07) is 11.7. The minimum Gasteiger partial charge on any atom is -0.380 e. The second kappa shape index (κ2) is 5.96. The molecular formula is C14H12BrCl2N. The van der Waals surface area contributed by atoms with Crippen molar-refractivity contribution in [1.29, 1.82) is 0 Å². The third kappa shape index (κ3) is 3.41. The molecular weight excluding hydrogens is 333 g/mol. The molecule has 2 aromatic carbocycles. The Kier molecular flexibility index (Phi) is 4.55. The molecule has 0 fully saturated rings. The van der Waals surface area contributed by atoms with Crippen molar-refractivity contribution < 1.29 is 0 Å². The van der Waals surface area contributed by atoms with Crippen LogP contribution in [0.25, 0.3) is 0 Å². The summed E-state index contributed by atoms with van der Waals surface area (Å²) >= 11 is 15.6. The van der Waals surface area contributed by atoms with Crippen LogP contribution in [0.3, 0.4) is 0 Å². The van der Waals surface area contributed by atoms with Gasteiger partial charge in [0.05, 0.1) is 10.7 Å². The van der Waals surface area contributed by atoms with E-state index in [1.54, 1.807) is 0 Å². The maximum Gasteiger partial charge on any atom is 0.0640 e. The summed E-state index contributed by atoms with van der Waals surface area (Å²) < 4.78 is 0.991. The van der Waals surface area contributed by atoms with Crippen molar-refractivity contribution >= 4 is 44.8 Å². The number of nitrogens with one attached hydrogen (secondary N) is 1. The zero-order valence-electron chi connectivity index (χ0n) is 9.81. The van der Waals surface area contributed by atoms with Crippen LogP contribution in [0.1, 0.15) is 11.1 Å². The number of rotatable bonds is 3. The Balaban J connectivity index is 2.11. The first-order valence-electron chi connectivity index (χ1n) is 5.50.